The zero-order valence-corrected chi connectivity index (χ0v) is 16.1. The topological polar surface area (TPSA) is 67.4 Å². The smallest absolute Gasteiger partial charge is 0.338 e. The second-order valence-corrected chi connectivity index (χ2v) is 6.91. The molecule has 0 heterocycles. The van der Waals surface area contributed by atoms with Crippen LogP contribution < -0.4 is 10.6 Å². The minimum Gasteiger partial charge on any atom is -0.457 e. The third kappa shape index (κ3) is 6.15. The second-order valence-electron chi connectivity index (χ2n) is 5.99. The van der Waals surface area contributed by atoms with Crippen LogP contribution in [0.25, 0.3) is 0 Å². The van der Waals surface area contributed by atoms with Gasteiger partial charge in [-0.1, -0.05) is 34.1 Å². The van der Waals surface area contributed by atoms with Crippen molar-refractivity contribution in [3.63, 3.8) is 0 Å². The summed E-state index contributed by atoms with van der Waals surface area (Å²) in [5.74, 6) is -0.974. The van der Waals surface area contributed by atoms with Gasteiger partial charge in [-0.05, 0) is 43.7 Å². The van der Waals surface area contributed by atoms with E-state index in [0.717, 1.165) is 5.56 Å². The normalized spacial score (nSPS) is 10.5. The molecule has 2 N–H and O–H groups in total. The Balaban J connectivity index is 1.87. The maximum Gasteiger partial charge on any atom is 0.338 e. The lowest BCUT2D eigenvalue weighted by molar-refractivity contribution is 0.0469. The van der Waals surface area contributed by atoms with E-state index >= 15 is 0 Å². The van der Waals surface area contributed by atoms with E-state index in [0.29, 0.717) is 22.1 Å². The number of esters is 1. The molecule has 0 aromatic heterocycles. The van der Waals surface area contributed by atoms with Crippen molar-refractivity contribution in [2.45, 2.75) is 33.0 Å². The molecule has 0 atom stereocenters. The van der Waals surface area contributed by atoms with Crippen LogP contribution >= 0.6 is 15.9 Å². The fourth-order valence-corrected chi connectivity index (χ4v) is 2.45. The van der Waals surface area contributed by atoms with Crippen molar-refractivity contribution in [3.05, 3.63) is 69.4 Å². The van der Waals surface area contributed by atoms with Gasteiger partial charge in [0.15, 0.2) is 0 Å². The molecule has 0 spiro atoms. The molecule has 2 rings (SSSR count). The van der Waals surface area contributed by atoms with Crippen LogP contribution in [0.2, 0.25) is 0 Å². The van der Waals surface area contributed by atoms with E-state index in [1.165, 1.54) is 6.07 Å². The fraction of sp³-hybridized carbons (Fsp3) is 0.263. The van der Waals surface area contributed by atoms with Crippen molar-refractivity contribution < 1.29 is 18.7 Å². The van der Waals surface area contributed by atoms with E-state index in [1.54, 1.807) is 36.4 Å². The van der Waals surface area contributed by atoms with Gasteiger partial charge in [0.1, 0.15) is 12.4 Å². The van der Waals surface area contributed by atoms with Gasteiger partial charge in [0.25, 0.3) is 0 Å². The standard InChI is InChI=1S/C19H20BrFN2O3/c1-12(2)23-19(25)22-10-13-3-5-14(6-4-13)18(24)26-11-15-7-8-16(20)9-17(15)21/h3-9,12H,10-11H2,1-2H3,(H2,22,23,25). The summed E-state index contributed by atoms with van der Waals surface area (Å²) in [4.78, 5) is 23.6. The van der Waals surface area contributed by atoms with Crippen molar-refractivity contribution in [3.8, 4) is 0 Å². The molecule has 2 amide bonds. The Morgan fingerprint density at radius 2 is 1.85 bits per heavy atom. The molecular formula is C19H20BrFN2O3. The Bertz CT molecular complexity index is 779. The first-order chi connectivity index (χ1) is 12.3. The van der Waals surface area contributed by atoms with E-state index in [2.05, 4.69) is 26.6 Å². The van der Waals surface area contributed by atoms with Crippen LogP contribution in [0.5, 0.6) is 0 Å². The summed E-state index contributed by atoms with van der Waals surface area (Å²) in [6, 6.07) is 11.0. The molecule has 0 aliphatic heterocycles. The van der Waals surface area contributed by atoms with Gasteiger partial charge >= 0.3 is 12.0 Å². The maximum absolute atomic E-state index is 13.7. The molecule has 0 aliphatic rings. The van der Waals surface area contributed by atoms with Crippen molar-refractivity contribution in [2.75, 3.05) is 0 Å². The van der Waals surface area contributed by atoms with Crippen molar-refractivity contribution in [2.24, 2.45) is 0 Å². The van der Waals surface area contributed by atoms with E-state index in [9.17, 15) is 14.0 Å². The molecular weight excluding hydrogens is 403 g/mol. The Hall–Kier alpha value is -2.41. The molecule has 5 nitrogen and oxygen atoms in total. The highest BCUT2D eigenvalue weighted by molar-refractivity contribution is 9.10. The van der Waals surface area contributed by atoms with Crippen LogP contribution in [-0.4, -0.2) is 18.0 Å². The predicted molar refractivity (Wildman–Crippen MR) is 100 cm³/mol. The molecule has 0 saturated carbocycles. The molecule has 0 radical (unpaired) electrons. The molecule has 26 heavy (non-hydrogen) atoms. The molecule has 7 heteroatoms. The summed E-state index contributed by atoms with van der Waals surface area (Å²) < 4.78 is 19.5. The molecule has 0 saturated heterocycles. The van der Waals surface area contributed by atoms with Crippen molar-refractivity contribution >= 4 is 27.9 Å². The van der Waals surface area contributed by atoms with E-state index in [1.807, 2.05) is 13.8 Å². The summed E-state index contributed by atoms with van der Waals surface area (Å²) in [6.45, 7) is 3.95. The number of hydrogen-bond acceptors (Lipinski definition) is 3. The van der Waals surface area contributed by atoms with Gasteiger partial charge in [0, 0.05) is 22.6 Å². The number of benzene rings is 2. The largest absolute Gasteiger partial charge is 0.457 e. The third-order valence-corrected chi connectivity index (χ3v) is 3.93. The number of amides is 2. The first kappa shape index (κ1) is 19.9. The minimum absolute atomic E-state index is 0.0581. The molecule has 0 unspecified atom stereocenters. The van der Waals surface area contributed by atoms with Crippen LogP contribution in [-0.2, 0) is 17.9 Å². The number of urea groups is 1. The Morgan fingerprint density at radius 1 is 1.15 bits per heavy atom. The number of nitrogens with one attached hydrogen (secondary N) is 2. The first-order valence-corrected chi connectivity index (χ1v) is 8.89. The second kappa shape index (κ2) is 9.33. The summed E-state index contributed by atoms with van der Waals surface area (Å²) in [7, 11) is 0. The van der Waals surface area contributed by atoms with Crippen LogP contribution in [0.1, 0.15) is 35.3 Å². The predicted octanol–water partition coefficient (Wildman–Crippen LogP) is 4.15. The summed E-state index contributed by atoms with van der Waals surface area (Å²) >= 11 is 3.17. The first-order valence-electron chi connectivity index (χ1n) is 8.09. The maximum atomic E-state index is 13.7. The van der Waals surface area contributed by atoms with Crippen molar-refractivity contribution in [1.29, 1.82) is 0 Å². The highest BCUT2D eigenvalue weighted by atomic mass is 79.9. The lowest BCUT2D eigenvalue weighted by Crippen LogP contribution is -2.39. The zero-order chi connectivity index (χ0) is 19.1. The highest BCUT2D eigenvalue weighted by Gasteiger charge is 2.10. The summed E-state index contributed by atoms with van der Waals surface area (Å²) in [5.41, 5.74) is 1.51. The molecule has 0 bridgehead atoms. The molecule has 138 valence electrons. The number of hydrogen-bond donors (Lipinski definition) is 2. The molecule has 2 aromatic rings. The number of halogens is 2. The third-order valence-electron chi connectivity index (χ3n) is 3.44. The van der Waals surface area contributed by atoms with Crippen LogP contribution in [0.15, 0.2) is 46.9 Å². The van der Waals surface area contributed by atoms with Gasteiger partial charge in [-0.3, -0.25) is 0 Å². The number of carbonyl (C=O) groups is 2. The highest BCUT2D eigenvalue weighted by Crippen LogP contribution is 2.16. The lowest BCUT2D eigenvalue weighted by atomic mass is 10.1. The average Bonchev–Trinajstić information content (AvgIpc) is 2.59. The van der Waals surface area contributed by atoms with Gasteiger partial charge in [-0.2, -0.15) is 0 Å². The lowest BCUT2D eigenvalue weighted by Gasteiger charge is -2.10. The number of ether oxygens (including phenoxy) is 1. The Morgan fingerprint density at radius 3 is 2.46 bits per heavy atom. The minimum atomic E-state index is -0.538. The summed E-state index contributed by atoms with van der Waals surface area (Å²) in [5, 5.41) is 5.45. The van der Waals surface area contributed by atoms with Crippen LogP contribution in [0.3, 0.4) is 0 Å². The van der Waals surface area contributed by atoms with Gasteiger partial charge in [-0.15, -0.1) is 0 Å². The Kier molecular flexibility index (Phi) is 7.15. The number of carbonyl (C=O) groups excluding carboxylic acids is 2. The Labute approximate surface area is 160 Å². The molecule has 2 aromatic carbocycles. The van der Waals surface area contributed by atoms with Gasteiger partial charge < -0.3 is 15.4 Å². The van der Waals surface area contributed by atoms with Crippen LogP contribution in [0.4, 0.5) is 9.18 Å². The van der Waals surface area contributed by atoms with E-state index < -0.39 is 11.8 Å². The SMILES string of the molecule is CC(C)NC(=O)NCc1ccc(C(=O)OCc2ccc(Br)cc2F)cc1. The van der Waals surface area contributed by atoms with Gasteiger partial charge in [0.2, 0.25) is 0 Å². The van der Waals surface area contributed by atoms with E-state index in [4.69, 9.17) is 4.74 Å². The molecule has 0 aliphatic carbocycles. The van der Waals surface area contributed by atoms with Crippen molar-refractivity contribution in [1.82, 2.24) is 10.6 Å². The van der Waals surface area contributed by atoms with Crippen LogP contribution in [0, 0.1) is 5.82 Å². The number of rotatable bonds is 6. The quantitative estimate of drug-likeness (QED) is 0.686. The van der Waals surface area contributed by atoms with Gasteiger partial charge in [0.05, 0.1) is 5.56 Å². The summed E-state index contributed by atoms with van der Waals surface area (Å²) in [6.07, 6.45) is 0. The zero-order valence-electron chi connectivity index (χ0n) is 14.5. The monoisotopic (exact) mass is 422 g/mol. The van der Waals surface area contributed by atoms with Gasteiger partial charge in [-0.25, -0.2) is 14.0 Å². The molecule has 0 fully saturated rings. The average molecular weight is 423 g/mol. The van der Waals surface area contributed by atoms with E-state index in [-0.39, 0.29) is 18.7 Å². The fourth-order valence-electron chi connectivity index (χ4n) is 2.12.